The molecule has 0 saturated heterocycles. The predicted molar refractivity (Wildman–Crippen MR) is 76.0 cm³/mol. The molecular weight excluding hydrogens is 258 g/mol. The van der Waals surface area contributed by atoms with Crippen LogP contribution < -0.4 is 10.1 Å². The Morgan fingerprint density at radius 1 is 1.35 bits per heavy atom. The van der Waals surface area contributed by atoms with Gasteiger partial charge in [0.1, 0.15) is 11.8 Å². The molecule has 0 spiro atoms. The van der Waals surface area contributed by atoms with E-state index in [0.29, 0.717) is 24.3 Å². The van der Waals surface area contributed by atoms with Crippen molar-refractivity contribution in [1.82, 2.24) is 5.32 Å². The number of ether oxygens (including phenoxy) is 1. The fourth-order valence-electron chi connectivity index (χ4n) is 1.80. The van der Waals surface area contributed by atoms with Crippen molar-refractivity contribution >= 4 is 11.9 Å². The minimum atomic E-state index is -1.02. The molecule has 110 valence electrons. The van der Waals surface area contributed by atoms with Crippen molar-refractivity contribution in [2.24, 2.45) is 5.92 Å². The first-order chi connectivity index (χ1) is 9.49. The van der Waals surface area contributed by atoms with Crippen molar-refractivity contribution in [2.45, 2.75) is 33.2 Å². The Balaban J connectivity index is 2.83. The second-order valence-electron chi connectivity index (χ2n) is 4.64. The van der Waals surface area contributed by atoms with Crippen LogP contribution in [0, 0.1) is 5.92 Å². The first-order valence-electron chi connectivity index (χ1n) is 6.76. The standard InChI is InChI=1S/C15H21NO4/c1-4-10(3)13(15(18)19)16-14(17)11-7-6-8-12(9-11)20-5-2/h6-10,13H,4-5H2,1-3H3,(H,16,17)(H,18,19). The van der Waals surface area contributed by atoms with Gasteiger partial charge < -0.3 is 15.2 Å². The molecule has 0 fully saturated rings. The van der Waals surface area contributed by atoms with Gasteiger partial charge in [0.25, 0.3) is 5.91 Å². The summed E-state index contributed by atoms with van der Waals surface area (Å²) in [7, 11) is 0. The number of carbonyl (C=O) groups excluding carboxylic acids is 1. The molecule has 0 aliphatic rings. The van der Waals surface area contributed by atoms with Gasteiger partial charge in [-0.25, -0.2) is 4.79 Å². The highest BCUT2D eigenvalue weighted by Gasteiger charge is 2.25. The highest BCUT2D eigenvalue weighted by atomic mass is 16.5. The quantitative estimate of drug-likeness (QED) is 0.803. The third-order valence-corrected chi connectivity index (χ3v) is 3.17. The van der Waals surface area contributed by atoms with E-state index in [-0.39, 0.29) is 5.92 Å². The number of carboxylic acids is 1. The summed E-state index contributed by atoms with van der Waals surface area (Å²) in [5.41, 5.74) is 0.394. The third-order valence-electron chi connectivity index (χ3n) is 3.17. The number of nitrogens with one attached hydrogen (secondary N) is 1. The smallest absolute Gasteiger partial charge is 0.326 e. The van der Waals surface area contributed by atoms with E-state index in [1.165, 1.54) is 0 Å². The van der Waals surface area contributed by atoms with E-state index in [9.17, 15) is 9.59 Å². The molecule has 20 heavy (non-hydrogen) atoms. The van der Waals surface area contributed by atoms with E-state index in [4.69, 9.17) is 9.84 Å². The summed E-state index contributed by atoms with van der Waals surface area (Å²) < 4.78 is 5.32. The van der Waals surface area contributed by atoms with E-state index in [1.54, 1.807) is 31.2 Å². The lowest BCUT2D eigenvalue weighted by molar-refractivity contribution is -0.140. The van der Waals surface area contributed by atoms with Gasteiger partial charge in [0, 0.05) is 5.56 Å². The van der Waals surface area contributed by atoms with Gasteiger partial charge in [-0.2, -0.15) is 0 Å². The third kappa shape index (κ3) is 4.26. The lowest BCUT2D eigenvalue weighted by Crippen LogP contribution is -2.45. The van der Waals surface area contributed by atoms with Crippen LogP contribution in [0.5, 0.6) is 5.75 Å². The van der Waals surface area contributed by atoms with Crippen LogP contribution in [-0.2, 0) is 4.79 Å². The molecule has 0 saturated carbocycles. The number of carboxylic acid groups (broad SMARTS) is 1. The van der Waals surface area contributed by atoms with Crippen LogP contribution >= 0.6 is 0 Å². The molecule has 2 unspecified atom stereocenters. The molecule has 5 nitrogen and oxygen atoms in total. The molecule has 0 bridgehead atoms. The number of carbonyl (C=O) groups is 2. The summed E-state index contributed by atoms with van der Waals surface area (Å²) in [4.78, 5) is 23.3. The topological polar surface area (TPSA) is 75.6 Å². The van der Waals surface area contributed by atoms with E-state index < -0.39 is 17.9 Å². The molecule has 0 aromatic heterocycles. The fraction of sp³-hybridized carbons (Fsp3) is 0.467. The highest BCUT2D eigenvalue weighted by molar-refractivity contribution is 5.96. The van der Waals surface area contributed by atoms with Gasteiger partial charge in [0.05, 0.1) is 6.61 Å². The van der Waals surface area contributed by atoms with Gasteiger partial charge in [0.2, 0.25) is 0 Å². The van der Waals surface area contributed by atoms with Crippen LogP contribution in [0.25, 0.3) is 0 Å². The summed E-state index contributed by atoms with van der Waals surface area (Å²) in [6.07, 6.45) is 0.677. The van der Waals surface area contributed by atoms with Crippen molar-refractivity contribution in [3.05, 3.63) is 29.8 Å². The van der Waals surface area contributed by atoms with E-state index >= 15 is 0 Å². The zero-order valence-corrected chi connectivity index (χ0v) is 12.1. The average molecular weight is 279 g/mol. The molecule has 1 rings (SSSR count). The number of amides is 1. The summed E-state index contributed by atoms with van der Waals surface area (Å²) in [5, 5.41) is 11.7. The Hall–Kier alpha value is -2.04. The lowest BCUT2D eigenvalue weighted by Gasteiger charge is -2.20. The number of benzene rings is 1. The van der Waals surface area contributed by atoms with Crippen LogP contribution in [0.15, 0.2) is 24.3 Å². The summed E-state index contributed by atoms with van der Waals surface area (Å²) in [5.74, 6) is -0.963. The van der Waals surface area contributed by atoms with Gasteiger partial charge in [-0.3, -0.25) is 4.79 Å². The van der Waals surface area contributed by atoms with Crippen LogP contribution in [0.2, 0.25) is 0 Å². The Morgan fingerprint density at radius 2 is 2.05 bits per heavy atom. The molecule has 0 radical (unpaired) electrons. The van der Waals surface area contributed by atoms with E-state index in [2.05, 4.69) is 5.32 Å². The van der Waals surface area contributed by atoms with Crippen molar-refractivity contribution in [2.75, 3.05) is 6.61 Å². The lowest BCUT2D eigenvalue weighted by atomic mass is 9.99. The van der Waals surface area contributed by atoms with Gasteiger partial charge in [-0.05, 0) is 31.0 Å². The number of hydrogen-bond acceptors (Lipinski definition) is 3. The molecule has 5 heteroatoms. The Kier molecular flexibility index (Phi) is 6.03. The first kappa shape index (κ1) is 16.0. The summed E-state index contributed by atoms with van der Waals surface area (Å²) in [6, 6.07) is 5.81. The molecule has 1 amide bonds. The zero-order valence-electron chi connectivity index (χ0n) is 12.1. The first-order valence-corrected chi connectivity index (χ1v) is 6.76. The largest absolute Gasteiger partial charge is 0.494 e. The van der Waals surface area contributed by atoms with Crippen molar-refractivity contribution in [3.8, 4) is 5.75 Å². The minimum Gasteiger partial charge on any atom is -0.494 e. The molecule has 0 heterocycles. The van der Waals surface area contributed by atoms with Gasteiger partial charge >= 0.3 is 5.97 Å². The van der Waals surface area contributed by atoms with Crippen LogP contribution in [0.3, 0.4) is 0 Å². The maximum atomic E-state index is 12.1. The maximum Gasteiger partial charge on any atom is 0.326 e. The molecule has 1 aromatic carbocycles. The van der Waals surface area contributed by atoms with E-state index in [0.717, 1.165) is 0 Å². The van der Waals surface area contributed by atoms with Crippen molar-refractivity contribution < 1.29 is 19.4 Å². The Bertz CT molecular complexity index is 473. The number of rotatable bonds is 7. The van der Waals surface area contributed by atoms with Crippen molar-refractivity contribution in [3.63, 3.8) is 0 Å². The number of aliphatic carboxylic acids is 1. The maximum absolute atomic E-state index is 12.1. The van der Waals surface area contributed by atoms with Crippen molar-refractivity contribution in [1.29, 1.82) is 0 Å². The Labute approximate surface area is 118 Å². The Morgan fingerprint density at radius 3 is 2.60 bits per heavy atom. The van der Waals surface area contributed by atoms with Crippen LogP contribution in [-0.4, -0.2) is 29.6 Å². The zero-order chi connectivity index (χ0) is 15.1. The van der Waals surface area contributed by atoms with Gasteiger partial charge in [0.15, 0.2) is 0 Å². The molecule has 2 N–H and O–H groups in total. The minimum absolute atomic E-state index is 0.133. The van der Waals surface area contributed by atoms with Gasteiger partial charge in [-0.1, -0.05) is 26.3 Å². The fourth-order valence-corrected chi connectivity index (χ4v) is 1.80. The monoisotopic (exact) mass is 279 g/mol. The summed E-state index contributed by atoms with van der Waals surface area (Å²) in [6.45, 7) is 6.06. The molecule has 0 aliphatic carbocycles. The highest BCUT2D eigenvalue weighted by Crippen LogP contribution is 2.14. The van der Waals surface area contributed by atoms with Crippen LogP contribution in [0.1, 0.15) is 37.6 Å². The predicted octanol–water partition coefficient (Wildman–Crippen LogP) is 2.31. The summed E-state index contributed by atoms with van der Waals surface area (Å²) >= 11 is 0. The van der Waals surface area contributed by atoms with Crippen LogP contribution in [0.4, 0.5) is 0 Å². The average Bonchev–Trinajstić information content (AvgIpc) is 2.44. The molecule has 2 atom stereocenters. The molecule has 1 aromatic rings. The van der Waals surface area contributed by atoms with Gasteiger partial charge in [-0.15, -0.1) is 0 Å². The SMILES string of the molecule is CCOc1cccc(C(=O)NC(C(=O)O)C(C)CC)c1. The molecular formula is C15H21NO4. The normalized spacial score (nSPS) is 13.3. The molecule has 0 aliphatic heterocycles. The second-order valence-corrected chi connectivity index (χ2v) is 4.64. The van der Waals surface area contributed by atoms with E-state index in [1.807, 2.05) is 13.8 Å². The second kappa shape index (κ2) is 7.53. The number of hydrogen-bond donors (Lipinski definition) is 2.